The third-order valence-corrected chi connectivity index (χ3v) is 4.71. The molecule has 0 aliphatic carbocycles. The molecule has 0 bridgehead atoms. The van der Waals surface area contributed by atoms with Gasteiger partial charge in [-0.1, -0.05) is 28.1 Å². The molecule has 0 spiro atoms. The van der Waals surface area contributed by atoms with Crippen LogP contribution in [0.5, 0.6) is 0 Å². The fourth-order valence-electron chi connectivity index (χ4n) is 2.78. The quantitative estimate of drug-likeness (QED) is 0.504. The maximum atomic E-state index is 13.2. The van der Waals surface area contributed by atoms with Crippen LogP contribution < -0.4 is 5.32 Å². The number of halogens is 2. The van der Waals surface area contributed by atoms with Crippen molar-refractivity contribution in [3.63, 3.8) is 0 Å². The van der Waals surface area contributed by atoms with E-state index in [2.05, 4.69) is 31.3 Å². The molecule has 6 nitrogen and oxygen atoms in total. The van der Waals surface area contributed by atoms with Gasteiger partial charge in [-0.25, -0.2) is 14.1 Å². The molecule has 0 aliphatic rings. The molecule has 0 fully saturated rings. The molecule has 0 atom stereocenters. The van der Waals surface area contributed by atoms with E-state index in [-0.39, 0.29) is 11.7 Å². The van der Waals surface area contributed by atoms with Gasteiger partial charge in [0.05, 0.1) is 25.3 Å². The number of nitrogens with zero attached hydrogens (tertiary/aromatic N) is 4. The zero-order valence-electron chi connectivity index (χ0n) is 14.6. The van der Waals surface area contributed by atoms with Crippen LogP contribution in [0.3, 0.4) is 0 Å². The molecule has 0 aliphatic heterocycles. The van der Waals surface area contributed by atoms with E-state index in [0.717, 1.165) is 10.0 Å². The largest absolute Gasteiger partial charge is 0.305 e. The van der Waals surface area contributed by atoms with Crippen molar-refractivity contribution in [2.24, 2.45) is 0 Å². The number of anilines is 1. The number of aromatic nitrogens is 4. The van der Waals surface area contributed by atoms with Gasteiger partial charge in [-0.15, -0.1) is 0 Å². The molecule has 4 aromatic rings. The third kappa shape index (κ3) is 3.86. The maximum Gasteiger partial charge on any atom is 0.275 e. The Kier molecular flexibility index (Phi) is 5.03. The molecule has 2 heterocycles. The van der Waals surface area contributed by atoms with Gasteiger partial charge in [0.25, 0.3) is 5.91 Å². The lowest BCUT2D eigenvalue weighted by atomic mass is 10.2. The summed E-state index contributed by atoms with van der Waals surface area (Å²) in [4.78, 5) is 16.8. The van der Waals surface area contributed by atoms with Crippen molar-refractivity contribution in [2.45, 2.75) is 6.54 Å². The van der Waals surface area contributed by atoms with Crippen LogP contribution in [-0.4, -0.2) is 25.2 Å². The van der Waals surface area contributed by atoms with Crippen LogP contribution in [0.25, 0.3) is 5.69 Å². The fourth-order valence-corrected chi connectivity index (χ4v) is 3.04. The number of hydrogen-bond donors (Lipinski definition) is 1. The summed E-state index contributed by atoms with van der Waals surface area (Å²) in [7, 11) is 0. The smallest absolute Gasteiger partial charge is 0.275 e. The van der Waals surface area contributed by atoms with Crippen molar-refractivity contribution in [2.75, 3.05) is 5.32 Å². The highest BCUT2D eigenvalue weighted by molar-refractivity contribution is 9.10. The highest BCUT2D eigenvalue weighted by Crippen LogP contribution is 2.16. The predicted molar refractivity (Wildman–Crippen MR) is 107 cm³/mol. The van der Waals surface area contributed by atoms with Gasteiger partial charge in [0.15, 0.2) is 0 Å². The van der Waals surface area contributed by atoms with Gasteiger partial charge in [-0.3, -0.25) is 9.36 Å². The first-order valence-electron chi connectivity index (χ1n) is 8.46. The lowest BCUT2D eigenvalue weighted by Gasteiger charge is -2.11. The summed E-state index contributed by atoms with van der Waals surface area (Å²) in [6, 6.07) is 15.5. The van der Waals surface area contributed by atoms with E-state index < -0.39 is 0 Å². The van der Waals surface area contributed by atoms with Crippen molar-refractivity contribution in [1.29, 1.82) is 0 Å². The average molecular weight is 440 g/mol. The van der Waals surface area contributed by atoms with Crippen LogP contribution in [0.4, 0.5) is 10.2 Å². The van der Waals surface area contributed by atoms with Crippen molar-refractivity contribution >= 4 is 27.7 Å². The predicted octanol–water partition coefficient (Wildman–Crippen LogP) is 4.27. The first kappa shape index (κ1) is 18.1. The highest BCUT2D eigenvalue weighted by atomic mass is 79.9. The van der Waals surface area contributed by atoms with Gasteiger partial charge in [0.1, 0.15) is 17.3 Å². The number of carbonyl (C=O) groups excluding carboxylic acids is 1. The van der Waals surface area contributed by atoms with E-state index in [9.17, 15) is 9.18 Å². The van der Waals surface area contributed by atoms with Crippen molar-refractivity contribution in [3.8, 4) is 5.69 Å². The van der Waals surface area contributed by atoms with Gasteiger partial charge in [-0.05, 0) is 42.0 Å². The number of rotatable bonds is 5. The van der Waals surface area contributed by atoms with Crippen molar-refractivity contribution in [1.82, 2.24) is 19.3 Å². The molecule has 0 radical (unpaired) electrons. The molecule has 2 aromatic carbocycles. The summed E-state index contributed by atoms with van der Waals surface area (Å²) in [5.41, 5.74) is 2.04. The van der Waals surface area contributed by atoms with E-state index >= 15 is 0 Å². The first-order chi connectivity index (χ1) is 13.6. The van der Waals surface area contributed by atoms with Crippen molar-refractivity contribution in [3.05, 3.63) is 94.9 Å². The summed E-state index contributed by atoms with van der Waals surface area (Å²) >= 11 is 3.41. The second kappa shape index (κ2) is 7.77. The Morgan fingerprint density at radius 1 is 1.07 bits per heavy atom. The van der Waals surface area contributed by atoms with Gasteiger partial charge in [0, 0.05) is 16.2 Å². The van der Waals surface area contributed by atoms with E-state index in [1.54, 1.807) is 33.6 Å². The fraction of sp³-hybridized carbons (Fsp3) is 0.0500. The van der Waals surface area contributed by atoms with E-state index in [4.69, 9.17) is 0 Å². The highest BCUT2D eigenvalue weighted by Gasteiger charge is 2.15. The molecule has 8 heteroatoms. The topological polar surface area (TPSA) is 64.7 Å². The molecule has 1 N–H and O–H groups in total. The van der Waals surface area contributed by atoms with Gasteiger partial charge in [0.2, 0.25) is 0 Å². The Hall–Kier alpha value is -3.26. The number of amides is 1. The van der Waals surface area contributed by atoms with Crippen LogP contribution in [0.2, 0.25) is 0 Å². The minimum Gasteiger partial charge on any atom is -0.305 e. The summed E-state index contributed by atoms with van der Waals surface area (Å²) in [5.74, 6) is -0.106. The number of benzene rings is 2. The zero-order chi connectivity index (χ0) is 19.5. The average Bonchev–Trinajstić information content (AvgIpc) is 3.34. The van der Waals surface area contributed by atoms with E-state index in [1.165, 1.54) is 24.7 Å². The van der Waals surface area contributed by atoms with Crippen molar-refractivity contribution < 1.29 is 9.18 Å². The lowest BCUT2D eigenvalue weighted by molar-refractivity contribution is 0.101. The molecule has 1 amide bonds. The van der Waals surface area contributed by atoms with Gasteiger partial charge < -0.3 is 5.32 Å². The second-order valence-electron chi connectivity index (χ2n) is 6.08. The Labute approximate surface area is 168 Å². The molecule has 0 saturated carbocycles. The third-order valence-electron chi connectivity index (χ3n) is 4.18. The van der Waals surface area contributed by atoms with Crippen LogP contribution in [0, 0.1) is 5.82 Å². The number of hydrogen-bond acceptors (Lipinski definition) is 3. The molecular weight excluding hydrogens is 425 g/mol. The molecule has 2 aromatic heterocycles. The van der Waals surface area contributed by atoms with Gasteiger partial charge in [-0.2, -0.15) is 5.10 Å². The Balaban J connectivity index is 1.54. The second-order valence-corrected chi connectivity index (χ2v) is 7.00. The van der Waals surface area contributed by atoms with E-state index in [1.807, 2.05) is 24.3 Å². The number of nitrogens with one attached hydrogen (secondary N) is 1. The Morgan fingerprint density at radius 2 is 1.82 bits per heavy atom. The standard InChI is InChI=1S/C20H15BrFN5O/c21-15-3-1-14(2-4-15)12-27-19(9-10-24-27)25-20(28)18-11-23-13-26(18)17-7-5-16(22)6-8-17/h1-11,13H,12H2,(H,25,28). The molecular formula is C20H15BrFN5O. The minimum atomic E-state index is -0.341. The van der Waals surface area contributed by atoms with Crippen LogP contribution >= 0.6 is 15.9 Å². The summed E-state index contributed by atoms with van der Waals surface area (Å²) in [5, 5.41) is 7.15. The lowest BCUT2D eigenvalue weighted by Crippen LogP contribution is -2.19. The number of carbonyl (C=O) groups is 1. The molecule has 0 saturated heterocycles. The van der Waals surface area contributed by atoms with Crippen LogP contribution in [0.15, 0.2) is 77.8 Å². The molecule has 140 valence electrons. The zero-order valence-corrected chi connectivity index (χ0v) is 16.2. The number of imidazole rings is 1. The summed E-state index contributed by atoms with van der Waals surface area (Å²) < 4.78 is 17.5. The summed E-state index contributed by atoms with van der Waals surface area (Å²) in [6.45, 7) is 0.521. The summed E-state index contributed by atoms with van der Waals surface area (Å²) in [6.07, 6.45) is 4.61. The van der Waals surface area contributed by atoms with Crippen LogP contribution in [0.1, 0.15) is 16.1 Å². The monoisotopic (exact) mass is 439 g/mol. The Morgan fingerprint density at radius 3 is 2.57 bits per heavy atom. The Bertz CT molecular complexity index is 1100. The van der Waals surface area contributed by atoms with Crippen LogP contribution in [-0.2, 0) is 6.54 Å². The first-order valence-corrected chi connectivity index (χ1v) is 9.25. The minimum absolute atomic E-state index is 0.334. The molecule has 28 heavy (non-hydrogen) atoms. The molecule has 0 unspecified atom stereocenters. The maximum absolute atomic E-state index is 13.2. The SMILES string of the molecule is O=C(Nc1ccnn1Cc1ccc(Br)cc1)c1cncn1-c1ccc(F)cc1. The van der Waals surface area contributed by atoms with Gasteiger partial charge >= 0.3 is 0 Å². The molecule has 4 rings (SSSR count). The normalized spacial score (nSPS) is 10.8. The van der Waals surface area contributed by atoms with E-state index in [0.29, 0.717) is 23.7 Å².